The summed E-state index contributed by atoms with van der Waals surface area (Å²) in [6, 6.07) is 42.7. The number of esters is 4. The van der Waals surface area contributed by atoms with Crippen LogP contribution in [-0.4, -0.2) is 23.9 Å². The normalized spacial score (nSPS) is 10.4. The van der Waals surface area contributed by atoms with Gasteiger partial charge >= 0.3 is 23.9 Å². The third-order valence-electron chi connectivity index (χ3n) is 6.97. The lowest BCUT2D eigenvalue weighted by molar-refractivity contribution is 0.0713. The van der Waals surface area contributed by atoms with Crippen LogP contribution < -0.4 is 18.9 Å². The van der Waals surface area contributed by atoms with Crippen LogP contribution in [0.2, 0.25) is 0 Å². The summed E-state index contributed by atoms with van der Waals surface area (Å²) in [5.74, 6) is -2.21. The van der Waals surface area contributed by atoms with E-state index in [0.29, 0.717) is 33.4 Å². The van der Waals surface area contributed by atoms with Crippen LogP contribution in [0.15, 0.2) is 158 Å². The van der Waals surface area contributed by atoms with Crippen LogP contribution in [0.3, 0.4) is 0 Å². The molecule has 0 heterocycles. The van der Waals surface area contributed by atoms with E-state index in [1.54, 1.807) is 146 Å². The summed E-state index contributed by atoms with van der Waals surface area (Å²) in [5.41, 5.74) is 2.07. The van der Waals surface area contributed by atoms with E-state index in [9.17, 15) is 19.2 Å². The second-order valence-electron chi connectivity index (χ2n) is 10.4. The summed E-state index contributed by atoms with van der Waals surface area (Å²) in [4.78, 5) is 52.0. The van der Waals surface area contributed by atoms with Gasteiger partial charge in [0.05, 0.1) is 22.3 Å². The first kappa shape index (κ1) is 31.2. The maximum atomic E-state index is 13.0. The quantitative estimate of drug-likeness (QED) is 0.116. The van der Waals surface area contributed by atoms with E-state index in [0.717, 1.165) is 0 Å². The fourth-order valence-electron chi connectivity index (χ4n) is 4.67. The molecule has 0 unspecified atom stereocenters. The number of benzene rings is 6. The lowest BCUT2D eigenvalue weighted by Crippen LogP contribution is -2.11. The first-order chi connectivity index (χ1) is 23.4. The summed E-state index contributed by atoms with van der Waals surface area (Å²) in [5, 5.41) is 0. The molecule has 0 aromatic heterocycles. The summed E-state index contributed by atoms with van der Waals surface area (Å²) < 4.78 is 22.8. The smallest absolute Gasteiger partial charge is 0.343 e. The number of carbonyl (C=O) groups is 4. The lowest BCUT2D eigenvalue weighted by Gasteiger charge is -2.14. The molecule has 6 rings (SSSR count). The van der Waals surface area contributed by atoms with Crippen LogP contribution in [-0.2, 0) is 0 Å². The van der Waals surface area contributed by atoms with Gasteiger partial charge in [-0.05, 0) is 83.9 Å². The second kappa shape index (κ2) is 14.5. The minimum atomic E-state index is -0.629. The van der Waals surface area contributed by atoms with Gasteiger partial charge in [0.2, 0.25) is 0 Å². The standard InChI is InChI=1S/C40H26O8/c41-37(27-13-5-1-6-14-27)45-33-21-31(22-34(25-33)46-38(42)28-15-7-2-8-16-28)32-23-35(47-39(43)29-17-9-3-10-18-29)26-36(24-32)48-40(44)30-19-11-4-12-20-30/h1-26H. The summed E-state index contributed by atoms with van der Waals surface area (Å²) in [6.45, 7) is 0. The van der Waals surface area contributed by atoms with Gasteiger partial charge in [0.15, 0.2) is 0 Å². The maximum absolute atomic E-state index is 13.0. The van der Waals surface area contributed by atoms with Gasteiger partial charge in [-0.2, -0.15) is 0 Å². The van der Waals surface area contributed by atoms with Crippen molar-refractivity contribution in [2.75, 3.05) is 0 Å². The highest BCUT2D eigenvalue weighted by Gasteiger charge is 2.18. The minimum absolute atomic E-state index is 0.0757. The molecule has 234 valence electrons. The van der Waals surface area contributed by atoms with E-state index < -0.39 is 23.9 Å². The Morgan fingerprint density at radius 2 is 0.500 bits per heavy atom. The average molecular weight is 635 g/mol. The van der Waals surface area contributed by atoms with Gasteiger partial charge in [-0.15, -0.1) is 0 Å². The number of rotatable bonds is 9. The molecular weight excluding hydrogens is 608 g/mol. The number of carbonyl (C=O) groups excluding carboxylic acids is 4. The molecule has 0 N–H and O–H groups in total. The molecule has 6 aromatic rings. The third kappa shape index (κ3) is 7.88. The largest absolute Gasteiger partial charge is 0.423 e. The highest BCUT2D eigenvalue weighted by atomic mass is 16.6. The van der Waals surface area contributed by atoms with Crippen molar-refractivity contribution in [3.05, 3.63) is 180 Å². The van der Waals surface area contributed by atoms with Gasteiger partial charge in [0, 0.05) is 12.1 Å². The Hall–Kier alpha value is -6.80. The van der Waals surface area contributed by atoms with Crippen LogP contribution in [0, 0.1) is 0 Å². The highest BCUT2D eigenvalue weighted by molar-refractivity contribution is 5.94. The number of hydrogen-bond donors (Lipinski definition) is 0. The second-order valence-corrected chi connectivity index (χ2v) is 10.4. The number of ether oxygens (including phenoxy) is 4. The van der Waals surface area contributed by atoms with Crippen molar-refractivity contribution in [1.29, 1.82) is 0 Å². The number of hydrogen-bond acceptors (Lipinski definition) is 8. The molecule has 8 nitrogen and oxygen atoms in total. The Morgan fingerprint density at radius 3 is 0.708 bits per heavy atom. The van der Waals surface area contributed by atoms with Gasteiger partial charge in [0.1, 0.15) is 23.0 Å². The van der Waals surface area contributed by atoms with Crippen molar-refractivity contribution in [2.24, 2.45) is 0 Å². The molecule has 0 fully saturated rings. The monoisotopic (exact) mass is 634 g/mol. The summed E-state index contributed by atoms with van der Waals surface area (Å²) in [6.07, 6.45) is 0. The molecule has 0 bridgehead atoms. The average Bonchev–Trinajstić information content (AvgIpc) is 3.13. The Labute approximate surface area is 275 Å². The Kier molecular flexibility index (Phi) is 9.44. The van der Waals surface area contributed by atoms with Crippen molar-refractivity contribution < 1.29 is 38.1 Å². The molecule has 0 saturated carbocycles. The zero-order valence-electron chi connectivity index (χ0n) is 25.3. The van der Waals surface area contributed by atoms with E-state index in [1.807, 2.05) is 0 Å². The van der Waals surface area contributed by atoms with E-state index >= 15 is 0 Å². The zero-order chi connectivity index (χ0) is 33.3. The first-order valence-corrected chi connectivity index (χ1v) is 14.8. The molecule has 48 heavy (non-hydrogen) atoms. The fourth-order valence-corrected chi connectivity index (χ4v) is 4.67. The summed E-state index contributed by atoms with van der Waals surface area (Å²) >= 11 is 0. The van der Waals surface area contributed by atoms with Gasteiger partial charge in [0.25, 0.3) is 0 Å². The Bertz CT molecular complexity index is 1780. The topological polar surface area (TPSA) is 105 Å². The molecule has 0 spiro atoms. The fraction of sp³-hybridized carbons (Fsp3) is 0. The van der Waals surface area contributed by atoms with Crippen molar-refractivity contribution in [2.45, 2.75) is 0 Å². The molecule has 0 amide bonds. The summed E-state index contributed by atoms with van der Waals surface area (Å²) in [7, 11) is 0. The predicted octanol–water partition coefficient (Wildman–Crippen LogP) is 8.23. The molecule has 0 atom stereocenters. The van der Waals surface area contributed by atoms with Crippen molar-refractivity contribution in [3.8, 4) is 34.1 Å². The minimum Gasteiger partial charge on any atom is -0.423 e. The Balaban J connectivity index is 1.40. The van der Waals surface area contributed by atoms with E-state index in [1.165, 1.54) is 12.1 Å². The molecule has 6 aromatic carbocycles. The van der Waals surface area contributed by atoms with E-state index in [2.05, 4.69) is 0 Å². The van der Waals surface area contributed by atoms with Crippen LogP contribution in [0.1, 0.15) is 41.4 Å². The van der Waals surface area contributed by atoms with E-state index in [-0.39, 0.29) is 23.0 Å². The molecular formula is C40H26O8. The van der Waals surface area contributed by atoms with Crippen molar-refractivity contribution in [1.82, 2.24) is 0 Å². The third-order valence-corrected chi connectivity index (χ3v) is 6.97. The van der Waals surface area contributed by atoms with Crippen LogP contribution in [0.5, 0.6) is 23.0 Å². The maximum Gasteiger partial charge on any atom is 0.343 e. The predicted molar refractivity (Wildman–Crippen MR) is 177 cm³/mol. The van der Waals surface area contributed by atoms with E-state index in [4.69, 9.17) is 18.9 Å². The van der Waals surface area contributed by atoms with Gasteiger partial charge in [-0.1, -0.05) is 72.8 Å². The van der Waals surface area contributed by atoms with Crippen LogP contribution in [0.4, 0.5) is 0 Å². The van der Waals surface area contributed by atoms with Crippen LogP contribution >= 0.6 is 0 Å². The molecule has 0 radical (unpaired) electrons. The van der Waals surface area contributed by atoms with Gasteiger partial charge < -0.3 is 18.9 Å². The van der Waals surface area contributed by atoms with Crippen molar-refractivity contribution in [3.63, 3.8) is 0 Å². The van der Waals surface area contributed by atoms with Gasteiger partial charge in [-0.3, -0.25) is 0 Å². The highest BCUT2D eigenvalue weighted by Crippen LogP contribution is 2.36. The first-order valence-electron chi connectivity index (χ1n) is 14.8. The molecule has 0 aliphatic carbocycles. The van der Waals surface area contributed by atoms with Crippen LogP contribution in [0.25, 0.3) is 11.1 Å². The molecule has 0 aliphatic heterocycles. The van der Waals surface area contributed by atoms with Crippen molar-refractivity contribution >= 4 is 23.9 Å². The zero-order valence-corrected chi connectivity index (χ0v) is 25.3. The molecule has 8 heteroatoms. The van der Waals surface area contributed by atoms with Gasteiger partial charge in [-0.25, -0.2) is 19.2 Å². The lowest BCUT2D eigenvalue weighted by atomic mass is 10.0. The molecule has 0 saturated heterocycles. The Morgan fingerprint density at radius 1 is 0.292 bits per heavy atom. The molecule has 0 aliphatic rings. The SMILES string of the molecule is O=C(Oc1cc(OC(=O)c2ccccc2)cc(-c2cc(OC(=O)c3ccccc3)cc(OC(=O)c3ccccc3)c2)c1)c1ccccc1.